The van der Waals surface area contributed by atoms with Gasteiger partial charge in [0, 0.05) is 6.42 Å². The van der Waals surface area contributed by atoms with E-state index in [2.05, 4.69) is 15.6 Å². The average molecular weight is 236 g/mol. The summed E-state index contributed by atoms with van der Waals surface area (Å²) in [5.41, 5.74) is 2.53. The topological polar surface area (TPSA) is 69.0 Å². The molecule has 0 aromatic carbocycles. The van der Waals surface area contributed by atoms with Gasteiger partial charge in [0.1, 0.15) is 18.2 Å². The number of amides is 1. The molecule has 0 bridgehead atoms. The van der Waals surface area contributed by atoms with Crippen LogP contribution in [0, 0.1) is 5.92 Å². The Hall–Kier alpha value is -1.43. The first-order valence-corrected chi connectivity index (χ1v) is 6.14. The summed E-state index contributed by atoms with van der Waals surface area (Å²) >= 11 is 0. The van der Waals surface area contributed by atoms with Gasteiger partial charge in [-0.2, -0.15) is 5.10 Å². The van der Waals surface area contributed by atoms with Crippen LogP contribution in [0.5, 0.6) is 0 Å². The Morgan fingerprint density at radius 3 is 3.24 bits per heavy atom. The summed E-state index contributed by atoms with van der Waals surface area (Å²) in [5, 5.41) is 4.10. The van der Waals surface area contributed by atoms with Crippen LogP contribution in [-0.2, 0) is 16.1 Å². The number of hydroxylamine groups is 1. The van der Waals surface area contributed by atoms with Crippen LogP contribution in [0.15, 0.2) is 6.33 Å². The molecule has 0 saturated heterocycles. The van der Waals surface area contributed by atoms with Crippen LogP contribution in [0.2, 0.25) is 0 Å². The molecule has 0 spiro atoms. The lowest BCUT2D eigenvalue weighted by molar-refractivity contribution is -0.138. The molecule has 0 radical (unpaired) electrons. The number of rotatable bonds is 4. The van der Waals surface area contributed by atoms with Crippen molar-refractivity contribution in [1.82, 2.24) is 20.2 Å². The maximum absolute atomic E-state index is 11.9. The van der Waals surface area contributed by atoms with Gasteiger partial charge >= 0.3 is 0 Å². The number of carbonyl (C=O) groups excluding carboxylic acids is 1. The number of hydrogen-bond acceptors (Lipinski definition) is 4. The molecule has 2 aliphatic rings. The summed E-state index contributed by atoms with van der Waals surface area (Å²) in [6.07, 6.45) is 6.60. The Balaban J connectivity index is 1.58. The molecule has 1 N–H and O–H groups in total. The molecule has 1 aliphatic heterocycles. The van der Waals surface area contributed by atoms with Gasteiger partial charge in [-0.25, -0.2) is 15.1 Å². The lowest BCUT2D eigenvalue weighted by Gasteiger charge is -2.22. The Morgan fingerprint density at radius 2 is 2.41 bits per heavy atom. The van der Waals surface area contributed by atoms with Gasteiger partial charge in [0.05, 0.1) is 6.61 Å². The van der Waals surface area contributed by atoms with E-state index in [9.17, 15) is 4.79 Å². The van der Waals surface area contributed by atoms with Crippen molar-refractivity contribution in [3.05, 3.63) is 12.2 Å². The lowest BCUT2D eigenvalue weighted by atomic mass is 10.1. The summed E-state index contributed by atoms with van der Waals surface area (Å²) in [7, 11) is 0. The minimum atomic E-state index is -0.263. The van der Waals surface area contributed by atoms with Crippen molar-refractivity contribution < 1.29 is 9.63 Å². The highest BCUT2D eigenvalue weighted by Crippen LogP contribution is 2.28. The first-order chi connectivity index (χ1) is 8.34. The highest BCUT2D eigenvalue weighted by atomic mass is 16.7. The third-order valence-electron chi connectivity index (χ3n) is 3.31. The fourth-order valence-corrected chi connectivity index (χ4v) is 2.11. The number of aromatic nitrogens is 3. The molecule has 1 aliphatic carbocycles. The molecule has 1 unspecified atom stereocenters. The van der Waals surface area contributed by atoms with Gasteiger partial charge in [0.15, 0.2) is 0 Å². The van der Waals surface area contributed by atoms with E-state index in [-0.39, 0.29) is 11.9 Å². The van der Waals surface area contributed by atoms with Crippen LogP contribution in [-0.4, -0.2) is 27.3 Å². The Labute approximate surface area is 99.3 Å². The molecular weight excluding hydrogens is 220 g/mol. The van der Waals surface area contributed by atoms with Gasteiger partial charge in [-0.1, -0.05) is 0 Å². The zero-order valence-corrected chi connectivity index (χ0v) is 9.63. The third-order valence-corrected chi connectivity index (χ3v) is 3.31. The number of carbonyl (C=O) groups is 1. The highest BCUT2D eigenvalue weighted by Gasteiger charge is 2.28. The molecule has 6 heteroatoms. The number of aryl methyl sites for hydroxylation is 1. The van der Waals surface area contributed by atoms with Gasteiger partial charge < -0.3 is 0 Å². The predicted octanol–water partition coefficient (Wildman–Crippen LogP) is 0.613. The van der Waals surface area contributed by atoms with Crippen LogP contribution >= 0.6 is 0 Å². The minimum absolute atomic E-state index is 0.114. The molecule has 3 rings (SSSR count). The Kier molecular flexibility index (Phi) is 2.80. The van der Waals surface area contributed by atoms with E-state index < -0.39 is 0 Å². The fraction of sp³-hybridized carbons (Fsp3) is 0.727. The first-order valence-electron chi connectivity index (χ1n) is 6.14. The summed E-state index contributed by atoms with van der Waals surface area (Å²) in [6, 6.07) is -0.263. The Morgan fingerprint density at radius 1 is 1.53 bits per heavy atom. The maximum Gasteiger partial charge on any atom is 0.268 e. The van der Waals surface area contributed by atoms with Crippen LogP contribution in [0.1, 0.15) is 37.5 Å². The van der Waals surface area contributed by atoms with E-state index in [1.165, 1.54) is 19.2 Å². The molecule has 1 saturated carbocycles. The molecule has 92 valence electrons. The van der Waals surface area contributed by atoms with Gasteiger partial charge in [0.2, 0.25) is 0 Å². The van der Waals surface area contributed by atoms with Crippen molar-refractivity contribution in [3.8, 4) is 0 Å². The second kappa shape index (κ2) is 4.44. The molecular formula is C11H16N4O2. The van der Waals surface area contributed by atoms with E-state index in [4.69, 9.17) is 4.84 Å². The summed E-state index contributed by atoms with van der Waals surface area (Å²) in [6.45, 7) is 0.628. The first kappa shape index (κ1) is 10.7. The van der Waals surface area contributed by atoms with Crippen molar-refractivity contribution in [2.24, 2.45) is 5.92 Å². The molecule has 1 aromatic heterocycles. The van der Waals surface area contributed by atoms with Crippen molar-refractivity contribution in [3.63, 3.8) is 0 Å². The number of hydrogen-bond donors (Lipinski definition) is 1. The second-order valence-electron chi connectivity index (χ2n) is 4.75. The van der Waals surface area contributed by atoms with Gasteiger partial charge in [-0.15, -0.1) is 0 Å². The standard InChI is InChI=1S/C11H16N4O2/c16-11(14-17-6-8-4-5-8)9-2-1-3-10-12-7-13-15(9)10/h7-9H,1-6H2,(H,14,16). The fourth-order valence-electron chi connectivity index (χ4n) is 2.11. The summed E-state index contributed by atoms with van der Waals surface area (Å²) in [4.78, 5) is 21.3. The van der Waals surface area contributed by atoms with Crippen LogP contribution < -0.4 is 5.48 Å². The number of nitrogens with one attached hydrogen (secondary N) is 1. The number of fused-ring (bicyclic) bond motifs is 1. The van der Waals surface area contributed by atoms with E-state index in [0.717, 1.165) is 25.1 Å². The molecule has 1 aromatic rings. The van der Waals surface area contributed by atoms with Crippen LogP contribution in [0.3, 0.4) is 0 Å². The largest absolute Gasteiger partial charge is 0.273 e. The minimum Gasteiger partial charge on any atom is -0.273 e. The lowest BCUT2D eigenvalue weighted by Crippen LogP contribution is -2.36. The smallest absolute Gasteiger partial charge is 0.268 e. The van der Waals surface area contributed by atoms with Crippen molar-refractivity contribution in [2.75, 3.05) is 6.61 Å². The Bertz CT molecular complexity index is 413. The monoisotopic (exact) mass is 236 g/mol. The number of nitrogens with zero attached hydrogens (tertiary/aromatic N) is 3. The third kappa shape index (κ3) is 2.31. The highest BCUT2D eigenvalue weighted by molar-refractivity contribution is 5.79. The van der Waals surface area contributed by atoms with E-state index in [0.29, 0.717) is 12.5 Å². The van der Waals surface area contributed by atoms with Crippen LogP contribution in [0.25, 0.3) is 0 Å². The molecule has 2 heterocycles. The normalized spacial score (nSPS) is 23.2. The van der Waals surface area contributed by atoms with Gasteiger partial charge in [-0.3, -0.25) is 9.63 Å². The average Bonchev–Trinajstić information content (AvgIpc) is 3.04. The molecule has 6 nitrogen and oxygen atoms in total. The van der Waals surface area contributed by atoms with Crippen molar-refractivity contribution in [1.29, 1.82) is 0 Å². The summed E-state index contributed by atoms with van der Waals surface area (Å²) in [5.74, 6) is 1.42. The van der Waals surface area contributed by atoms with Crippen molar-refractivity contribution >= 4 is 5.91 Å². The quantitative estimate of drug-likeness (QED) is 0.778. The predicted molar refractivity (Wildman–Crippen MR) is 58.8 cm³/mol. The zero-order valence-electron chi connectivity index (χ0n) is 9.63. The van der Waals surface area contributed by atoms with E-state index in [1.54, 1.807) is 4.68 Å². The second-order valence-corrected chi connectivity index (χ2v) is 4.75. The zero-order chi connectivity index (χ0) is 11.7. The summed E-state index contributed by atoms with van der Waals surface area (Å²) < 4.78 is 1.71. The van der Waals surface area contributed by atoms with E-state index in [1.807, 2.05) is 0 Å². The van der Waals surface area contributed by atoms with Gasteiger partial charge in [0.25, 0.3) is 5.91 Å². The SMILES string of the molecule is O=C(NOCC1CC1)C1CCCc2ncnn21. The molecule has 1 amide bonds. The van der Waals surface area contributed by atoms with Gasteiger partial charge in [-0.05, 0) is 31.6 Å². The van der Waals surface area contributed by atoms with Crippen LogP contribution in [0.4, 0.5) is 0 Å². The molecule has 17 heavy (non-hydrogen) atoms. The van der Waals surface area contributed by atoms with E-state index >= 15 is 0 Å². The van der Waals surface area contributed by atoms with Crippen molar-refractivity contribution in [2.45, 2.75) is 38.1 Å². The maximum atomic E-state index is 11.9. The molecule has 1 fully saturated rings. The molecule has 1 atom stereocenters.